The van der Waals surface area contributed by atoms with Crippen LogP contribution in [0.25, 0.3) is 0 Å². The minimum absolute atomic E-state index is 0.0768. The summed E-state index contributed by atoms with van der Waals surface area (Å²) in [7, 11) is 1.63. The highest BCUT2D eigenvalue weighted by Crippen LogP contribution is 2.05. The van der Waals surface area contributed by atoms with Gasteiger partial charge < -0.3 is 15.4 Å². The van der Waals surface area contributed by atoms with Crippen molar-refractivity contribution in [2.24, 2.45) is 0 Å². The zero-order chi connectivity index (χ0) is 13.4. The molecule has 0 saturated heterocycles. The lowest BCUT2D eigenvalue weighted by atomic mass is 10.4. The van der Waals surface area contributed by atoms with Crippen molar-refractivity contribution in [1.82, 2.24) is 15.5 Å². The molecule has 0 unspecified atom stereocenters. The maximum absolute atomic E-state index is 11.4. The number of aromatic nitrogens is 2. The largest absolute Gasteiger partial charge is 0.383 e. The second-order valence-electron chi connectivity index (χ2n) is 3.98. The van der Waals surface area contributed by atoms with Crippen LogP contribution >= 0.6 is 0 Å². The number of amides is 2. The second kappa shape index (κ2) is 7.44. The highest BCUT2D eigenvalue weighted by molar-refractivity contribution is 5.88. The van der Waals surface area contributed by atoms with Crippen LogP contribution in [0.1, 0.15) is 13.8 Å². The van der Waals surface area contributed by atoms with Crippen LogP contribution in [0, 0.1) is 0 Å². The molecule has 0 aromatic carbocycles. The predicted octanol–water partition coefficient (Wildman–Crippen LogP) is 1.06. The summed E-state index contributed by atoms with van der Waals surface area (Å²) in [6, 6.07) is 3.21. The summed E-state index contributed by atoms with van der Waals surface area (Å²) in [5.41, 5.74) is 0. The number of urea groups is 1. The zero-order valence-corrected chi connectivity index (χ0v) is 10.9. The van der Waals surface area contributed by atoms with Crippen molar-refractivity contribution in [3.8, 4) is 0 Å². The molecule has 0 bridgehead atoms. The first-order valence-corrected chi connectivity index (χ1v) is 5.76. The van der Waals surface area contributed by atoms with Crippen molar-refractivity contribution >= 4 is 17.7 Å². The number of hydrogen-bond acceptors (Lipinski definition) is 5. The molecule has 18 heavy (non-hydrogen) atoms. The Morgan fingerprint density at radius 3 is 2.56 bits per heavy atom. The number of nitrogens with one attached hydrogen (secondary N) is 3. The summed E-state index contributed by atoms with van der Waals surface area (Å²) in [5.74, 6) is 1.05. The van der Waals surface area contributed by atoms with Gasteiger partial charge >= 0.3 is 6.03 Å². The molecule has 0 saturated carbocycles. The average molecular weight is 253 g/mol. The summed E-state index contributed by atoms with van der Waals surface area (Å²) < 4.78 is 4.90. The molecule has 1 aromatic heterocycles. The fourth-order valence-electron chi connectivity index (χ4n) is 1.19. The van der Waals surface area contributed by atoms with E-state index in [1.54, 1.807) is 19.2 Å². The third kappa shape index (κ3) is 5.44. The fraction of sp³-hybridized carbons (Fsp3) is 0.545. The van der Waals surface area contributed by atoms with Gasteiger partial charge in [-0.1, -0.05) is 0 Å². The van der Waals surface area contributed by atoms with Gasteiger partial charge in [-0.05, 0) is 26.0 Å². The monoisotopic (exact) mass is 253 g/mol. The summed E-state index contributed by atoms with van der Waals surface area (Å²) in [6.07, 6.45) is 0. The van der Waals surface area contributed by atoms with E-state index in [9.17, 15) is 4.79 Å². The SMILES string of the molecule is COCCNc1ccc(NC(=O)NC(C)C)nn1. The highest BCUT2D eigenvalue weighted by atomic mass is 16.5. The Hall–Kier alpha value is -1.89. The van der Waals surface area contributed by atoms with E-state index in [0.717, 1.165) is 0 Å². The standard InChI is InChI=1S/C11H19N5O2/c1-8(2)13-11(17)14-10-5-4-9(15-16-10)12-6-7-18-3/h4-5,8H,6-7H2,1-3H3,(H,12,15)(H2,13,14,16,17). The topological polar surface area (TPSA) is 88.2 Å². The molecule has 0 radical (unpaired) electrons. The quantitative estimate of drug-likeness (QED) is 0.660. The summed E-state index contributed by atoms with van der Waals surface area (Å²) in [6.45, 7) is 5.02. The average Bonchev–Trinajstić information content (AvgIpc) is 2.30. The van der Waals surface area contributed by atoms with Gasteiger partial charge in [-0.15, -0.1) is 10.2 Å². The molecule has 0 atom stereocenters. The molecule has 0 aliphatic heterocycles. The molecule has 100 valence electrons. The molecule has 0 spiro atoms. The Morgan fingerprint density at radius 1 is 1.33 bits per heavy atom. The Morgan fingerprint density at radius 2 is 2.00 bits per heavy atom. The van der Waals surface area contributed by atoms with E-state index in [4.69, 9.17) is 4.74 Å². The van der Waals surface area contributed by atoms with Gasteiger partial charge in [-0.2, -0.15) is 0 Å². The van der Waals surface area contributed by atoms with Crippen molar-refractivity contribution in [2.75, 3.05) is 30.9 Å². The molecular formula is C11H19N5O2. The van der Waals surface area contributed by atoms with E-state index < -0.39 is 0 Å². The van der Waals surface area contributed by atoms with Gasteiger partial charge in [-0.3, -0.25) is 5.32 Å². The maximum atomic E-state index is 11.4. The minimum Gasteiger partial charge on any atom is -0.383 e. The van der Waals surface area contributed by atoms with Crippen LogP contribution in [0.4, 0.5) is 16.4 Å². The van der Waals surface area contributed by atoms with Crippen molar-refractivity contribution in [3.63, 3.8) is 0 Å². The fourth-order valence-corrected chi connectivity index (χ4v) is 1.19. The number of methoxy groups -OCH3 is 1. The van der Waals surface area contributed by atoms with Gasteiger partial charge in [0, 0.05) is 19.7 Å². The molecule has 1 aromatic rings. The lowest BCUT2D eigenvalue weighted by Crippen LogP contribution is -2.34. The van der Waals surface area contributed by atoms with E-state index in [2.05, 4.69) is 26.1 Å². The first kappa shape index (κ1) is 14.2. The number of carbonyl (C=O) groups excluding carboxylic acids is 1. The molecule has 7 nitrogen and oxygen atoms in total. The van der Waals surface area contributed by atoms with Crippen LogP contribution in [0.15, 0.2) is 12.1 Å². The molecular weight excluding hydrogens is 234 g/mol. The smallest absolute Gasteiger partial charge is 0.320 e. The van der Waals surface area contributed by atoms with Crippen LogP contribution in [-0.2, 0) is 4.74 Å². The molecule has 3 N–H and O–H groups in total. The molecule has 0 aliphatic carbocycles. The van der Waals surface area contributed by atoms with E-state index in [0.29, 0.717) is 24.8 Å². The maximum Gasteiger partial charge on any atom is 0.320 e. The zero-order valence-electron chi connectivity index (χ0n) is 10.9. The Balaban J connectivity index is 2.42. The summed E-state index contributed by atoms with van der Waals surface area (Å²) in [5, 5.41) is 16.1. The van der Waals surface area contributed by atoms with Gasteiger partial charge in [-0.25, -0.2) is 4.79 Å². The van der Waals surface area contributed by atoms with E-state index in [1.165, 1.54) is 0 Å². The third-order valence-electron chi connectivity index (χ3n) is 1.94. The summed E-state index contributed by atoms with van der Waals surface area (Å²) >= 11 is 0. The van der Waals surface area contributed by atoms with Crippen LogP contribution in [-0.4, -0.2) is 42.5 Å². The van der Waals surface area contributed by atoms with E-state index in [1.807, 2.05) is 13.8 Å². The number of ether oxygens (including phenoxy) is 1. The Bertz CT molecular complexity index is 366. The van der Waals surface area contributed by atoms with Crippen LogP contribution < -0.4 is 16.0 Å². The van der Waals surface area contributed by atoms with Crippen molar-refractivity contribution in [3.05, 3.63) is 12.1 Å². The molecule has 1 heterocycles. The van der Waals surface area contributed by atoms with E-state index >= 15 is 0 Å². The lowest BCUT2D eigenvalue weighted by Gasteiger charge is -2.09. The number of hydrogen-bond donors (Lipinski definition) is 3. The highest BCUT2D eigenvalue weighted by Gasteiger charge is 2.04. The van der Waals surface area contributed by atoms with E-state index in [-0.39, 0.29) is 12.1 Å². The van der Waals surface area contributed by atoms with Gasteiger partial charge in [0.05, 0.1) is 6.61 Å². The lowest BCUT2D eigenvalue weighted by molar-refractivity contribution is 0.210. The molecule has 1 rings (SSSR count). The predicted molar refractivity (Wildman–Crippen MR) is 69.7 cm³/mol. The number of rotatable bonds is 6. The normalized spacial score (nSPS) is 10.2. The van der Waals surface area contributed by atoms with Crippen molar-refractivity contribution < 1.29 is 9.53 Å². The molecule has 2 amide bonds. The van der Waals surface area contributed by atoms with Crippen LogP contribution in [0.3, 0.4) is 0 Å². The number of carbonyl (C=O) groups is 1. The molecule has 0 aliphatic rings. The van der Waals surface area contributed by atoms with Crippen LogP contribution in [0.2, 0.25) is 0 Å². The van der Waals surface area contributed by atoms with Crippen molar-refractivity contribution in [2.45, 2.75) is 19.9 Å². The second-order valence-corrected chi connectivity index (χ2v) is 3.98. The molecule has 7 heteroatoms. The first-order chi connectivity index (χ1) is 8.61. The van der Waals surface area contributed by atoms with Gasteiger partial charge in [0.1, 0.15) is 5.82 Å². The number of anilines is 2. The first-order valence-electron chi connectivity index (χ1n) is 5.76. The Kier molecular flexibility index (Phi) is 5.86. The van der Waals surface area contributed by atoms with Gasteiger partial charge in [0.2, 0.25) is 0 Å². The molecule has 0 fully saturated rings. The van der Waals surface area contributed by atoms with Crippen LogP contribution in [0.5, 0.6) is 0 Å². The van der Waals surface area contributed by atoms with Gasteiger partial charge in [0.25, 0.3) is 0 Å². The summed E-state index contributed by atoms with van der Waals surface area (Å²) in [4.78, 5) is 11.4. The number of nitrogens with zero attached hydrogens (tertiary/aromatic N) is 2. The van der Waals surface area contributed by atoms with Gasteiger partial charge in [0.15, 0.2) is 5.82 Å². The third-order valence-corrected chi connectivity index (χ3v) is 1.94. The Labute approximate surface area is 106 Å². The van der Waals surface area contributed by atoms with Crippen molar-refractivity contribution in [1.29, 1.82) is 0 Å². The minimum atomic E-state index is -0.292.